The van der Waals surface area contributed by atoms with Gasteiger partial charge in [-0.25, -0.2) is 4.98 Å². The number of aromatic nitrogens is 3. The van der Waals surface area contributed by atoms with E-state index in [4.69, 9.17) is 5.11 Å². The fourth-order valence-corrected chi connectivity index (χ4v) is 3.58. The molecule has 1 aliphatic carbocycles. The number of benzene rings is 1. The largest absolute Gasteiger partial charge is 0.507 e. The van der Waals surface area contributed by atoms with Crippen molar-refractivity contribution in [3.63, 3.8) is 0 Å². The van der Waals surface area contributed by atoms with Crippen molar-refractivity contribution in [1.29, 1.82) is 0 Å². The highest BCUT2D eigenvalue weighted by atomic mass is 19.4. The summed E-state index contributed by atoms with van der Waals surface area (Å²) in [4.78, 5) is 4.44. The summed E-state index contributed by atoms with van der Waals surface area (Å²) < 4.78 is 40.5. The third kappa shape index (κ3) is 3.14. The van der Waals surface area contributed by atoms with E-state index in [-0.39, 0.29) is 18.2 Å². The maximum absolute atomic E-state index is 12.9. The summed E-state index contributed by atoms with van der Waals surface area (Å²) in [5, 5.41) is 24.6. The summed E-state index contributed by atoms with van der Waals surface area (Å²) in [6.07, 6.45) is -0.928. The number of fused-ring (bicyclic) bond motifs is 1. The van der Waals surface area contributed by atoms with Gasteiger partial charge in [0.15, 0.2) is 5.65 Å². The van der Waals surface area contributed by atoms with Crippen LogP contribution in [0.15, 0.2) is 30.5 Å². The van der Waals surface area contributed by atoms with Crippen LogP contribution in [0.25, 0.3) is 22.3 Å². The number of aliphatic hydroxyl groups excluding tert-OH is 1. The number of aliphatic hydroxyl groups is 1. The number of aromatic hydroxyl groups is 1. The van der Waals surface area contributed by atoms with Crippen LogP contribution in [0.3, 0.4) is 0 Å². The molecule has 27 heavy (non-hydrogen) atoms. The summed E-state index contributed by atoms with van der Waals surface area (Å²) in [5.74, 6) is -0.157. The predicted molar refractivity (Wildman–Crippen MR) is 93.2 cm³/mol. The second-order valence-electron chi connectivity index (χ2n) is 7.08. The summed E-state index contributed by atoms with van der Waals surface area (Å²) in [7, 11) is 0. The number of nitrogens with zero attached hydrogens (tertiary/aromatic N) is 3. The number of aryl methyl sites for hydroxylation is 1. The third-order valence-electron chi connectivity index (χ3n) is 5.13. The Balaban J connectivity index is 1.70. The Hall–Kier alpha value is -2.61. The number of phenols is 1. The van der Waals surface area contributed by atoms with Crippen LogP contribution < -0.4 is 0 Å². The summed E-state index contributed by atoms with van der Waals surface area (Å²) in [6.45, 7) is 1.68. The molecule has 0 spiro atoms. The molecule has 3 aromatic rings. The maximum Gasteiger partial charge on any atom is 0.416 e. The molecule has 0 radical (unpaired) electrons. The van der Waals surface area contributed by atoms with E-state index >= 15 is 0 Å². The lowest BCUT2D eigenvalue weighted by molar-refractivity contribution is -0.137. The molecule has 1 saturated carbocycles. The highest BCUT2D eigenvalue weighted by Gasteiger charge is 2.32. The zero-order chi connectivity index (χ0) is 19.3. The number of pyridine rings is 1. The summed E-state index contributed by atoms with van der Waals surface area (Å²) in [5.41, 5.74) is 0.508. The van der Waals surface area contributed by atoms with Gasteiger partial charge in [0.25, 0.3) is 0 Å². The molecule has 0 aliphatic heterocycles. The Morgan fingerprint density at radius 2 is 1.96 bits per heavy atom. The Morgan fingerprint density at radius 1 is 1.22 bits per heavy atom. The second-order valence-corrected chi connectivity index (χ2v) is 7.08. The first-order valence-corrected chi connectivity index (χ1v) is 8.64. The van der Waals surface area contributed by atoms with Gasteiger partial charge in [0.05, 0.1) is 17.3 Å². The Bertz CT molecular complexity index is 984. The minimum Gasteiger partial charge on any atom is -0.507 e. The van der Waals surface area contributed by atoms with Crippen molar-refractivity contribution in [3.05, 3.63) is 41.6 Å². The lowest BCUT2D eigenvalue weighted by Crippen LogP contribution is -2.29. The standard InChI is InChI=1S/C19H18F3N3O2/c1-10-4-13(19(20,21)22)7-16(27)17(10)15-3-2-12-8-25(24-18(12)23-15)14-5-11(6-14)9-26/h2-4,7-8,11,14,26-27H,5-6,9H2,1H3. The number of hydrogen-bond acceptors (Lipinski definition) is 4. The molecule has 0 unspecified atom stereocenters. The van der Waals surface area contributed by atoms with Crippen LogP contribution in [-0.2, 0) is 6.18 Å². The van der Waals surface area contributed by atoms with Crippen LogP contribution in [0.1, 0.15) is 30.0 Å². The average Bonchev–Trinajstić information content (AvgIpc) is 2.95. The molecular formula is C19H18F3N3O2. The van der Waals surface area contributed by atoms with E-state index in [1.54, 1.807) is 12.1 Å². The monoisotopic (exact) mass is 377 g/mol. The molecule has 1 aliphatic rings. The SMILES string of the molecule is Cc1cc(C(F)(F)F)cc(O)c1-c1ccc2cn(C3CC(CO)C3)nc2n1. The third-order valence-corrected chi connectivity index (χ3v) is 5.13. The molecule has 2 N–H and O–H groups in total. The van der Waals surface area contributed by atoms with E-state index in [9.17, 15) is 18.3 Å². The molecule has 0 amide bonds. The molecule has 2 heterocycles. The molecule has 2 aromatic heterocycles. The van der Waals surface area contributed by atoms with Crippen LogP contribution in [0.2, 0.25) is 0 Å². The molecule has 0 bridgehead atoms. The minimum absolute atomic E-state index is 0.173. The molecule has 5 nitrogen and oxygen atoms in total. The van der Waals surface area contributed by atoms with E-state index in [2.05, 4.69) is 10.1 Å². The quantitative estimate of drug-likeness (QED) is 0.722. The van der Waals surface area contributed by atoms with Gasteiger partial charge in [-0.2, -0.15) is 18.3 Å². The normalized spacial score (nSPS) is 20.0. The smallest absolute Gasteiger partial charge is 0.416 e. The molecule has 0 atom stereocenters. The van der Waals surface area contributed by atoms with Crippen molar-refractivity contribution in [2.75, 3.05) is 6.61 Å². The number of alkyl halides is 3. The zero-order valence-corrected chi connectivity index (χ0v) is 14.5. The van der Waals surface area contributed by atoms with E-state index < -0.39 is 17.5 Å². The van der Waals surface area contributed by atoms with Gasteiger partial charge in [-0.1, -0.05) is 0 Å². The average molecular weight is 377 g/mol. The highest BCUT2D eigenvalue weighted by Crippen LogP contribution is 2.40. The van der Waals surface area contributed by atoms with Gasteiger partial charge in [0, 0.05) is 23.8 Å². The molecular weight excluding hydrogens is 359 g/mol. The van der Waals surface area contributed by atoms with Crippen molar-refractivity contribution < 1.29 is 23.4 Å². The molecule has 0 saturated heterocycles. The van der Waals surface area contributed by atoms with Crippen LogP contribution in [0.4, 0.5) is 13.2 Å². The van der Waals surface area contributed by atoms with Crippen molar-refractivity contribution in [3.8, 4) is 17.0 Å². The molecule has 4 rings (SSSR count). The van der Waals surface area contributed by atoms with Gasteiger partial charge in [0.2, 0.25) is 0 Å². The van der Waals surface area contributed by atoms with E-state index in [1.165, 1.54) is 6.92 Å². The zero-order valence-electron chi connectivity index (χ0n) is 14.5. The van der Waals surface area contributed by atoms with Gasteiger partial charge in [-0.3, -0.25) is 4.68 Å². The van der Waals surface area contributed by atoms with Gasteiger partial charge in [-0.15, -0.1) is 0 Å². The fraction of sp³-hybridized carbons (Fsp3) is 0.368. The van der Waals surface area contributed by atoms with Crippen molar-refractivity contribution in [2.45, 2.75) is 32.0 Å². The Labute approximate surface area is 153 Å². The van der Waals surface area contributed by atoms with Crippen molar-refractivity contribution >= 4 is 11.0 Å². The maximum atomic E-state index is 12.9. The predicted octanol–water partition coefficient (Wildman–Crippen LogP) is 4.07. The van der Waals surface area contributed by atoms with E-state index in [1.807, 2.05) is 10.9 Å². The first kappa shape index (κ1) is 17.8. The molecule has 8 heteroatoms. The highest BCUT2D eigenvalue weighted by molar-refractivity contribution is 5.80. The molecule has 142 valence electrons. The number of halogens is 3. The first-order valence-electron chi connectivity index (χ1n) is 8.64. The van der Waals surface area contributed by atoms with Gasteiger partial charge in [0.1, 0.15) is 5.75 Å². The molecule has 1 aromatic carbocycles. The van der Waals surface area contributed by atoms with Crippen LogP contribution >= 0.6 is 0 Å². The Kier molecular flexibility index (Phi) is 4.10. The van der Waals surface area contributed by atoms with Gasteiger partial charge >= 0.3 is 6.18 Å². The van der Waals surface area contributed by atoms with E-state index in [0.29, 0.717) is 22.8 Å². The van der Waals surface area contributed by atoms with E-state index in [0.717, 1.165) is 30.4 Å². The van der Waals surface area contributed by atoms with Gasteiger partial charge in [-0.05, 0) is 55.5 Å². The van der Waals surface area contributed by atoms with Crippen LogP contribution in [-0.4, -0.2) is 31.6 Å². The van der Waals surface area contributed by atoms with Crippen LogP contribution in [0, 0.1) is 12.8 Å². The number of hydrogen-bond donors (Lipinski definition) is 2. The van der Waals surface area contributed by atoms with Crippen molar-refractivity contribution in [1.82, 2.24) is 14.8 Å². The second kappa shape index (κ2) is 6.23. The summed E-state index contributed by atoms with van der Waals surface area (Å²) in [6, 6.07) is 5.40. The Morgan fingerprint density at radius 3 is 2.59 bits per heavy atom. The van der Waals surface area contributed by atoms with Gasteiger partial charge < -0.3 is 10.2 Å². The minimum atomic E-state index is -4.52. The first-order chi connectivity index (χ1) is 12.8. The lowest BCUT2D eigenvalue weighted by Gasteiger charge is -2.33. The topological polar surface area (TPSA) is 71.2 Å². The lowest BCUT2D eigenvalue weighted by atomic mass is 9.81. The fourth-order valence-electron chi connectivity index (χ4n) is 3.58. The number of rotatable bonds is 3. The summed E-state index contributed by atoms with van der Waals surface area (Å²) >= 11 is 0. The van der Waals surface area contributed by atoms with Crippen LogP contribution in [0.5, 0.6) is 5.75 Å². The number of phenolic OH excluding ortho intramolecular Hbond substituents is 1. The molecule has 1 fully saturated rings. The van der Waals surface area contributed by atoms with Crippen molar-refractivity contribution in [2.24, 2.45) is 5.92 Å².